The van der Waals surface area contributed by atoms with Crippen molar-refractivity contribution in [2.24, 2.45) is 5.92 Å². The number of rotatable bonds is 6. The summed E-state index contributed by atoms with van der Waals surface area (Å²) in [6, 6.07) is 5.63. The van der Waals surface area contributed by atoms with Crippen molar-refractivity contribution < 1.29 is 4.79 Å². The van der Waals surface area contributed by atoms with Gasteiger partial charge in [0.15, 0.2) is 0 Å². The molecule has 0 aliphatic carbocycles. The van der Waals surface area contributed by atoms with Crippen molar-refractivity contribution >= 4 is 23.2 Å². The molecule has 0 heterocycles. The number of carbonyl (C=O) groups excluding carboxylic acids is 1. The molecule has 0 aliphatic heterocycles. The second-order valence-corrected chi connectivity index (χ2v) is 5.21. The Morgan fingerprint density at radius 2 is 2.11 bits per heavy atom. The van der Waals surface area contributed by atoms with Crippen LogP contribution in [0.25, 0.3) is 0 Å². The predicted octanol–water partition coefficient (Wildman–Crippen LogP) is 3.22. The van der Waals surface area contributed by atoms with Gasteiger partial charge in [0.05, 0.1) is 6.54 Å². The fourth-order valence-corrected chi connectivity index (χ4v) is 1.71. The summed E-state index contributed by atoms with van der Waals surface area (Å²) in [4.78, 5) is 11.6. The van der Waals surface area contributed by atoms with Crippen molar-refractivity contribution in [3.8, 4) is 0 Å². The molecule has 0 aromatic heterocycles. The van der Waals surface area contributed by atoms with Crippen molar-refractivity contribution in [1.82, 2.24) is 5.32 Å². The Labute approximate surface area is 114 Å². The summed E-state index contributed by atoms with van der Waals surface area (Å²) in [5.74, 6) is 0.614. The summed E-state index contributed by atoms with van der Waals surface area (Å²) >= 11 is 6.01. The van der Waals surface area contributed by atoms with Crippen LogP contribution in [0, 0.1) is 12.8 Å². The first-order valence-corrected chi connectivity index (χ1v) is 6.64. The molecule has 0 bridgehead atoms. The molecule has 0 spiro atoms. The molecule has 3 nitrogen and oxygen atoms in total. The van der Waals surface area contributed by atoms with E-state index in [0.717, 1.165) is 24.2 Å². The molecule has 0 unspecified atom stereocenters. The maximum Gasteiger partial charge on any atom is 0.239 e. The average Bonchev–Trinajstić information content (AvgIpc) is 2.30. The first kappa shape index (κ1) is 14.8. The van der Waals surface area contributed by atoms with E-state index >= 15 is 0 Å². The van der Waals surface area contributed by atoms with Crippen molar-refractivity contribution in [3.63, 3.8) is 0 Å². The molecule has 0 fully saturated rings. The van der Waals surface area contributed by atoms with Gasteiger partial charge in [0.1, 0.15) is 0 Å². The van der Waals surface area contributed by atoms with Crippen LogP contribution < -0.4 is 10.6 Å². The van der Waals surface area contributed by atoms with Crippen LogP contribution in [0.15, 0.2) is 18.2 Å². The number of nitrogens with one attached hydrogen (secondary N) is 2. The van der Waals surface area contributed by atoms with E-state index in [9.17, 15) is 4.79 Å². The maximum absolute atomic E-state index is 11.6. The van der Waals surface area contributed by atoms with E-state index in [-0.39, 0.29) is 12.5 Å². The molecular weight excluding hydrogens is 248 g/mol. The lowest BCUT2D eigenvalue weighted by atomic mass is 10.1. The SMILES string of the molecule is Cc1c(Cl)cccc1NCC(=O)NCCC(C)C. The fraction of sp³-hybridized carbons (Fsp3) is 0.500. The van der Waals surface area contributed by atoms with Crippen molar-refractivity contribution in [2.75, 3.05) is 18.4 Å². The van der Waals surface area contributed by atoms with E-state index in [1.54, 1.807) is 0 Å². The number of hydrogen-bond acceptors (Lipinski definition) is 2. The summed E-state index contributed by atoms with van der Waals surface area (Å²) in [5.41, 5.74) is 1.87. The molecule has 100 valence electrons. The van der Waals surface area contributed by atoms with Crippen molar-refractivity contribution in [2.45, 2.75) is 27.2 Å². The van der Waals surface area contributed by atoms with Gasteiger partial charge in [-0.05, 0) is 37.0 Å². The molecule has 4 heteroatoms. The quantitative estimate of drug-likeness (QED) is 0.832. The van der Waals surface area contributed by atoms with Gasteiger partial charge in [0.25, 0.3) is 0 Å². The van der Waals surface area contributed by atoms with E-state index < -0.39 is 0 Å². The van der Waals surface area contributed by atoms with Gasteiger partial charge in [0.2, 0.25) is 5.91 Å². The van der Waals surface area contributed by atoms with Gasteiger partial charge in [-0.2, -0.15) is 0 Å². The Morgan fingerprint density at radius 1 is 1.39 bits per heavy atom. The fourth-order valence-electron chi connectivity index (χ4n) is 1.54. The monoisotopic (exact) mass is 268 g/mol. The largest absolute Gasteiger partial charge is 0.376 e. The number of halogens is 1. The van der Waals surface area contributed by atoms with E-state index in [1.807, 2.05) is 25.1 Å². The zero-order chi connectivity index (χ0) is 13.5. The third-order valence-electron chi connectivity index (χ3n) is 2.75. The Morgan fingerprint density at radius 3 is 2.78 bits per heavy atom. The predicted molar refractivity (Wildman–Crippen MR) is 77.1 cm³/mol. The van der Waals surface area contributed by atoms with Crippen LogP contribution in [-0.4, -0.2) is 19.0 Å². The molecule has 0 aliphatic rings. The summed E-state index contributed by atoms with van der Waals surface area (Å²) in [6.07, 6.45) is 1.00. The van der Waals surface area contributed by atoms with Crippen LogP contribution in [0.1, 0.15) is 25.8 Å². The molecule has 0 radical (unpaired) electrons. The first-order valence-electron chi connectivity index (χ1n) is 6.26. The minimum atomic E-state index is 0.00928. The van der Waals surface area contributed by atoms with Gasteiger partial charge < -0.3 is 10.6 Å². The maximum atomic E-state index is 11.6. The minimum Gasteiger partial charge on any atom is -0.376 e. The normalized spacial score (nSPS) is 10.5. The molecule has 0 saturated heterocycles. The van der Waals surface area contributed by atoms with Gasteiger partial charge in [-0.25, -0.2) is 0 Å². The van der Waals surface area contributed by atoms with E-state index in [2.05, 4.69) is 24.5 Å². The molecule has 1 aromatic rings. The van der Waals surface area contributed by atoms with Crippen LogP contribution in [0.2, 0.25) is 5.02 Å². The summed E-state index contributed by atoms with van der Waals surface area (Å²) in [5, 5.41) is 6.69. The summed E-state index contributed by atoms with van der Waals surface area (Å²) in [7, 11) is 0. The Kier molecular flexibility index (Phi) is 5.99. The van der Waals surface area contributed by atoms with Crippen molar-refractivity contribution in [3.05, 3.63) is 28.8 Å². The number of carbonyl (C=O) groups is 1. The highest BCUT2D eigenvalue weighted by molar-refractivity contribution is 6.31. The molecule has 1 rings (SSSR count). The van der Waals surface area contributed by atoms with E-state index in [4.69, 9.17) is 11.6 Å². The molecule has 2 N–H and O–H groups in total. The van der Waals surface area contributed by atoms with Gasteiger partial charge in [-0.15, -0.1) is 0 Å². The molecular formula is C14H21ClN2O. The van der Waals surface area contributed by atoms with Gasteiger partial charge >= 0.3 is 0 Å². The molecule has 1 amide bonds. The Hall–Kier alpha value is -1.22. The van der Waals surface area contributed by atoms with Crippen molar-refractivity contribution in [1.29, 1.82) is 0 Å². The highest BCUT2D eigenvalue weighted by Crippen LogP contribution is 2.22. The molecule has 0 saturated carbocycles. The zero-order valence-corrected chi connectivity index (χ0v) is 12.0. The van der Waals surface area contributed by atoms with Crippen LogP contribution in [-0.2, 0) is 4.79 Å². The number of benzene rings is 1. The Balaban J connectivity index is 2.36. The topological polar surface area (TPSA) is 41.1 Å². The van der Waals surface area contributed by atoms with Gasteiger partial charge in [-0.1, -0.05) is 31.5 Å². The second kappa shape index (κ2) is 7.27. The third-order valence-corrected chi connectivity index (χ3v) is 3.16. The zero-order valence-electron chi connectivity index (χ0n) is 11.2. The van der Waals surface area contributed by atoms with Crippen LogP contribution in [0.3, 0.4) is 0 Å². The van der Waals surface area contributed by atoms with Gasteiger partial charge in [-0.3, -0.25) is 4.79 Å². The smallest absolute Gasteiger partial charge is 0.239 e. The highest BCUT2D eigenvalue weighted by Gasteiger charge is 2.04. The third kappa shape index (κ3) is 4.96. The van der Waals surface area contributed by atoms with E-state index in [1.165, 1.54) is 0 Å². The van der Waals surface area contributed by atoms with Crippen LogP contribution >= 0.6 is 11.6 Å². The summed E-state index contributed by atoms with van der Waals surface area (Å²) < 4.78 is 0. The average molecular weight is 269 g/mol. The number of amides is 1. The number of hydrogen-bond donors (Lipinski definition) is 2. The lowest BCUT2D eigenvalue weighted by Gasteiger charge is -2.11. The van der Waals surface area contributed by atoms with Gasteiger partial charge in [0, 0.05) is 17.3 Å². The lowest BCUT2D eigenvalue weighted by molar-refractivity contribution is -0.119. The van der Waals surface area contributed by atoms with E-state index in [0.29, 0.717) is 10.9 Å². The minimum absolute atomic E-state index is 0.00928. The first-order chi connectivity index (χ1) is 8.50. The lowest BCUT2D eigenvalue weighted by Crippen LogP contribution is -2.31. The molecule has 18 heavy (non-hydrogen) atoms. The van der Waals surface area contributed by atoms with Crippen LogP contribution in [0.4, 0.5) is 5.69 Å². The standard InChI is InChI=1S/C14H21ClN2O/c1-10(2)7-8-16-14(18)9-17-13-6-4-5-12(15)11(13)3/h4-6,10,17H,7-9H2,1-3H3,(H,16,18). The molecule has 1 aromatic carbocycles. The Bertz CT molecular complexity index is 405. The molecule has 0 atom stereocenters. The van der Waals surface area contributed by atoms with Crippen LogP contribution in [0.5, 0.6) is 0 Å². The highest BCUT2D eigenvalue weighted by atomic mass is 35.5. The number of anilines is 1. The second-order valence-electron chi connectivity index (χ2n) is 4.80. The summed E-state index contributed by atoms with van der Waals surface area (Å²) in [6.45, 7) is 7.22.